The lowest BCUT2D eigenvalue weighted by Crippen LogP contribution is -2.32. The summed E-state index contributed by atoms with van der Waals surface area (Å²) >= 11 is 3.55. The van der Waals surface area contributed by atoms with Gasteiger partial charge in [-0.05, 0) is 66.9 Å². The Labute approximate surface area is 251 Å². The molecule has 4 aromatic rings. The second-order valence-corrected chi connectivity index (χ2v) is 12.7. The number of nitrogens with one attached hydrogen (secondary N) is 1. The third-order valence-corrected chi connectivity index (χ3v) is 10.5. The first kappa shape index (κ1) is 27.9. The van der Waals surface area contributed by atoms with E-state index in [2.05, 4.69) is 5.32 Å². The molecule has 2 unspecified atom stereocenters. The van der Waals surface area contributed by atoms with Gasteiger partial charge in [-0.2, -0.15) is 0 Å². The number of fused-ring (bicyclic) bond motifs is 2. The highest BCUT2D eigenvalue weighted by Gasteiger charge is 2.57. The van der Waals surface area contributed by atoms with Crippen molar-refractivity contribution in [2.24, 2.45) is 5.92 Å². The van der Waals surface area contributed by atoms with Crippen molar-refractivity contribution in [1.82, 2.24) is 4.57 Å². The van der Waals surface area contributed by atoms with Crippen LogP contribution in [0.3, 0.4) is 0 Å². The third-order valence-electron chi connectivity index (χ3n) is 6.99. The van der Waals surface area contributed by atoms with Crippen molar-refractivity contribution in [1.29, 1.82) is 0 Å². The average molecular weight is 622 g/mol. The first-order chi connectivity index (χ1) is 20.3. The van der Waals surface area contributed by atoms with Gasteiger partial charge in [-0.15, -0.1) is 11.3 Å². The molecule has 6 rings (SSSR count). The molecule has 10 nitrogen and oxygen atoms in total. The number of anilines is 2. The molecule has 0 bridgehead atoms. The number of imide groups is 1. The van der Waals surface area contributed by atoms with Crippen LogP contribution in [0.5, 0.6) is 5.75 Å². The van der Waals surface area contributed by atoms with Crippen LogP contribution in [0, 0.1) is 5.92 Å². The summed E-state index contributed by atoms with van der Waals surface area (Å²) in [4.78, 5) is 68.2. The van der Waals surface area contributed by atoms with E-state index >= 15 is 0 Å². The lowest BCUT2D eigenvalue weighted by Gasteiger charge is -2.29. The summed E-state index contributed by atoms with van der Waals surface area (Å²) in [5.41, 5.74) is 1.10. The minimum Gasteiger partial charge on any atom is -0.508 e. The van der Waals surface area contributed by atoms with Crippen LogP contribution in [0.25, 0.3) is 0 Å². The Balaban J connectivity index is 1.34. The van der Waals surface area contributed by atoms with Crippen LogP contribution in [0.15, 0.2) is 75.9 Å². The molecule has 2 aliphatic heterocycles. The molecule has 0 radical (unpaired) electrons. The van der Waals surface area contributed by atoms with Crippen molar-refractivity contribution >= 4 is 69.5 Å². The molecule has 1 fully saturated rings. The summed E-state index contributed by atoms with van der Waals surface area (Å²) in [5.74, 6) is -2.99. The van der Waals surface area contributed by atoms with Crippen molar-refractivity contribution in [3.05, 3.63) is 91.0 Å². The first-order valence-electron chi connectivity index (χ1n) is 12.9. The van der Waals surface area contributed by atoms with E-state index in [1.54, 1.807) is 31.2 Å². The highest BCUT2D eigenvalue weighted by molar-refractivity contribution is 8.00. The van der Waals surface area contributed by atoms with Gasteiger partial charge in [0.2, 0.25) is 17.7 Å². The van der Waals surface area contributed by atoms with E-state index in [0.29, 0.717) is 26.8 Å². The van der Waals surface area contributed by atoms with E-state index in [4.69, 9.17) is 4.74 Å². The predicted molar refractivity (Wildman–Crippen MR) is 160 cm³/mol. The fraction of sp³-hybridized carbons (Fsp3) is 0.207. The zero-order chi connectivity index (χ0) is 29.5. The van der Waals surface area contributed by atoms with Crippen molar-refractivity contribution in [3.63, 3.8) is 0 Å². The van der Waals surface area contributed by atoms with Crippen molar-refractivity contribution in [2.45, 2.75) is 29.7 Å². The van der Waals surface area contributed by atoms with Gasteiger partial charge in [-0.25, -0.2) is 9.69 Å². The molecule has 3 atom stereocenters. The number of aromatic nitrogens is 1. The number of ether oxygens (including phenoxy) is 1. The van der Waals surface area contributed by atoms with Gasteiger partial charge in [-0.1, -0.05) is 29.2 Å². The number of carbonyl (C=O) groups excluding carboxylic acids is 4. The molecule has 4 heterocycles. The van der Waals surface area contributed by atoms with Gasteiger partial charge in [0.05, 0.1) is 28.8 Å². The minimum atomic E-state index is -0.817. The standard InChI is InChI=1S/C29H23N3O7S3/c1-2-39-28(37)15-5-9-17(10-6-15)32-25(35)22-21(19-4-3-13-40-19)24-27(41-23(22)26(32)36)31(29(38)42-24)14-20(34)30-16-7-11-18(33)12-8-16/h3-13,21-23,33H,2,14H2,1H3,(H,30,34)/t21-,22?,23?/m1/s1. The number of hydrogen-bond acceptors (Lipinski definition) is 10. The highest BCUT2D eigenvalue weighted by atomic mass is 32.2. The molecular weight excluding hydrogens is 599 g/mol. The molecule has 2 aromatic carbocycles. The van der Waals surface area contributed by atoms with Crippen molar-refractivity contribution < 1.29 is 29.0 Å². The maximum absolute atomic E-state index is 13.9. The maximum atomic E-state index is 13.9. The van der Waals surface area contributed by atoms with E-state index in [1.165, 1.54) is 40.2 Å². The number of phenols is 1. The van der Waals surface area contributed by atoms with Gasteiger partial charge < -0.3 is 15.2 Å². The largest absolute Gasteiger partial charge is 0.508 e. The normalized spacial score (nSPS) is 19.4. The number of esters is 1. The SMILES string of the molecule is CCOC(=O)c1ccc(N2C(=O)C3Sc4c(sc(=O)n4CC(=O)Nc4ccc(O)cc4)[C@H](c4cccs4)C3C2=O)cc1. The molecule has 13 heteroatoms. The summed E-state index contributed by atoms with van der Waals surface area (Å²) in [7, 11) is 0. The Hall–Kier alpha value is -4.20. The fourth-order valence-electron chi connectivity index (χ4n) is 5.13. The summed E-state index contributed by atoms with van der Waals surface area (Å²) in [6.45, 7) is 1.65. The second kappa shape index (κ2) is 11.2. The topological polar surface area (TPSA) is 135 Å². The second-order valence-electron chi connectivity index (χ2n) is 9.56. The Kier molecular flexibility index (Phi) is 7.47. The van der Waals surface area contributed by atoms with E-state index < -0.39 is 34.9 Å². The highest BCUT2D eigenvalue weighted by Crippen LogP contribution is 2.54. The number of aromatic hydroxyl groups is 1. The maximum Gasteiger partial charge on any atom is 0.338 e. The molecule has 1 saturated heterocycles. The van der Waals surface area contributed by atoms with E-state index in [1.807, 2.05) is 17.5 Å². The monoisotopic (exact) mass is 621 g/mol. The minimum absolute atomic E-state index is 0.0569. The molecule has 2 aromatic heterocycles. The van der Waals surface area contributed by atoms with Crippen LogP contribution in [0.4, 0.5) is 11.4 Å². The van der Waals surface area contributed by atoms with Gasteiger partial charge in [0.15, 0.2) is 0 Å². The smallest absolute Gasteiger partial charge is 0.338 e. The number of rotatable bonds is 7. The summed E-state index contributed by atoms with van der Waals surface area (Å²) in [5, 5.41) is 13.8. The lowest BCUT2D eigenvalue weighted by molar-refractivity contribution is -0.122. The number of thioether (sulfide) groups is 1. The van der Waals surface area contributed by atoms with Crippen LogP contribution in [-0.4, -0.2) is 45.2 Å². The van der Waals surface area contributed by atoms with Gasteiger partial charge >= 0.3 is 10.8 Å². The molecule has 214 valence electrons. The predicted octanol–water partition coefficient (Wildman–Crippen LogP) is 4.29. The number of amides is 3. The zero-order valence-corrected chi connectivity index (χ0v) is 24.5. The molecule has 42 heavy (non-hydrogen) atoms. The third kappa shape index (κ3) is 4.93. The molecule has 2 aliphatic rings. The van der Waals surface area contributed by atoms with Crippen LogP contribution in [0.2, 0.25) is 0 Å². The first-order valence-corrected chi connectivity index (χ1v) is 15.5. The van der Waals surface area contributed by atoms with Gasteiger partial charge in [0, 0.05) is 21.4 Å². The molecule has 3 amide bonds. The Bertz CT molecular complexity index is 1740. The summed E-state index contributed by atoms with van der Waals surface area (Å²) in [6.07, 6.45) is 0. The number of thiazole rings is 1. The zero-order valence-electron chi connectivity index (χ0n) is 22.0. The van der Waals surface area contributed by atoms with Gasteiger partial charge in [0.1, 0.15) is 17.5 Å². The molecule has 2 N–H and O–H groups in total. The number of phenolic OH excluding ortho intramolecular Hbond substituents is 1. The quantitative estimate of drug-likeness (QED) is 0.177. The number of thiophene rings is 1. The van der Waals surface area contributed by atoms with E-state index in [-0.39, 0.29) is 29.7 Å². The summed E-state index contributed by atoms with van der Waals surface area (Å²) < 4.78 is 6.38. The van der Waals surface area contributed by atoms with Crippen LogP contribution in [0.1, 0.15) is 33.0 Å². The Morgan fingerprint density at radius 3 is 2.40 bits per heavy atom. The van der Waals surface area contributed by atoms with E-state index in [0.717, 1.165) is 32.9 Å². The average Bonchev–Trinajstić information content (AvgIpc) is 3.67. The van der Waals surface area contributed by atoms with E-state index in [9.17, 15) is 29.1 Å². The van der Waals surface area contributed by atoms with Crippen LogP contribution in [-0.2, 0) is 25.7 Å². The van der Waals surface area contributed by atoms with Crippen LogP contribution < -0.4 is 15.1 Å². The number of carbonyl (C=O) groups is 4. The van der Waals surface area contributed by atoms with Gasteiger partial charge in [-0.3, -0.25) is 23.7 Å². The molecular formula is C29H23N3O7S3. The van der Waals surface area contributed by atoms with Gasteiger partial charge in [0.25, 0.3) is 0 Å². The Morgan fingerprint density at radius 2 is 1.74 bits per heavy atom. The molecule has 0 saturated carbocycles. The number of hydrogen-bond donors (Lipinski definition) is 2. The van der Waals surface area contributed by atoms with Crippen LogP contribution >= 0.6 is 34.4 Å². The number of nitrogens with zero attached hydrogens (tertiary/aromatic N) is 2. The fourth-order valence-corrected chi connectivity index (χ4v) is 8.86. The Morgan fingerprint density at radius 1 is 1.00 bits per heavy atom. The number of benzene rings is 2. The molecule has 0 aliphatic carbocycles. The van der Waals surface area contributed by atoms with Crippen molar-refractivity contribution in [3.8, 4) is 5.75 Å². The lowest BCUT2D eigenvalue weighted by atomic mass is 9.87. The summed E-state index contributed by atoms with van der Waals surface area (Å²) in [6, 6.07) is 15.8. The van der Waals surface area contributed by atoms with Crippen molar-refractivity contribution in [2.75, 3.05) is 16.8 Å². The molecule has 0 spiro atoms.